The third-order valence-electron chi connectivity index (χ3n) is 2.24. The molecule has 1 atom stereocenters. The molecule has 78 valence electrons. The third-order valence-corrected chi connectivity index (χ3v) is 2.24. The minimum atomic E-state index is -0.759. The molecule has 0 aliphatic carbocycles. The second-order valence-electron chi connectivity index (χ2n) is 3.35. The van der Waals surface area contributed by atoms with Crippen molar-refractivity contribution in [2.24, 2.45) is 0 Å². The number of ketones is 1. The van der Waals surface area contributed by atoms with E-state index in [4.69, 9.17) is 5.26 Å². The quantitative estimate of drug-likeness (QED) is 0.813. The van der Waals surface area contributed by atoms with Crippen molar-refractivity contribution in [3.8, 4) is 6.07 Å². The van der Waals surface area contributed by atoms with Gasteiger partial charge in [-0.15, -0.1) is 0 Å². The maximum absolute atomic E-state index is 11.1. The van der Waals surface area contributed by atoms with Crippen molar-refractivity contribution in [1.82, 2.24) is 0 Å². The molecule has 0 aliphatic heterocycles. The van der Waals surface area contributed by atoms with Crippen LogP contribution in [0.2, 0.25) is 0 Å². The lowest BCUT2D eigenvalue weighted by atomic mass is 10.0. The van der Waals surface area contributed by atoms with E-state index in [0.717, 1.165) is 0 Å². The Morgan fingerprint density at radius 3 is 2.53 bits per heavy atom. The SMILES string of the molecule is CCC(=O)C[C@@H](O)c1ccc(C#N)cc1. The van der Waals surface area contributed by atoms with Crippen molar-refractivity contribution in [3.63, 3.8) is 0 Å². The number of nitrogens with zero attached hydrogens (tertiary/aromatic N) is 1. The number of Topliss-reactive ketones (excluding diaryl/α,β-unsaturated/α-hetero) is 1. The molecule has 0 fully saturated rings. The van der Waals surface area contributed by atoms with Crippen molar-refractivity contribution in [2.75, 3.05) is 0 Å². The van der Waals surface area contributed by atoms with Crippen LogP contribution in [-0.2, 0) is 4.79 Å². The highest BCUT2D eigenvalue weighted by Crippen LogP contribution is 2.17. The molecule has 1 rings (SSSR count). The summed E-state index contributed by atoms with van der Waals surface area (Å²) in [4.78, 5) is 11.1. The van der Waals surface area contributed by atoms with E-state index >= 15 is 0 Å². The Balaban J connectivity index is 2.70. The van der Waals surface area contributed by atoms with Gasteiger partial charge in [-0.2, -0.15) is 5.26 Å². The highest BCUT2D eigenvalue weighted by atomic mass is 16.3. The van der Waals surface area contributed by atoms with Crippen molar-refractivity contribution in [2.45, 2.75) is 25.9 Å². The lowest BCUT2D eigenvalue weighted by Gasteiger charge is -2.09. The van der Waals surface area contributed by atoms with E-state index in [9.17, 15) is 9.90 Å². The molecule has 0 unspecified atom stereocenters. The van der Waals surface area contributed by atoms with Gasteiger partial charge in [-0.3, -0.25) is 4.79 Å². The van der Waals surface area contributed by atoms with E-state index in [-0.39, 0.29) is 12.2 Å². The predicted molar refractivity (Wildman–Crippen MR) is 56.0 cm³/mol. The Morgan fingerprint density at radius 2 is 2.07 bits per heavy atom. The summed E-state index contributed by atoms with van der Waals surface area (Å²) in [6, 6.07) is 8.61. The molecule has 1 N–H and O–H groups in total. The lowest BCUT2D eigenvalue weighted by Crippen LogP contribution is -2.05. The van der Waals surface area contributed by atoms with Gasteiger partial charge < -0.3 is 5.11 Å². The summed E-state index contributed by atoms with van der Waals surface area (Å²) in [7, 11) is 0. The van der Waals surface area contributed by atoms with Gasteiger partial charge in [0.05, 0.1) is 17.7 Å². The molecule has 0 radical (unpaired) electrons. The Morgan fingerprint density at radius 1 is 1.47 bits per heavy atom. The van der Waals surface area contributed by atoms with Gasteiger partial charge in [0.2, 0.25) is 0 Å². The Labute approximate surface area is 89.0 Å². The molecule has 0 saturated carbocycles. The fraction of sp³-hybridized carbons (Fsp3) is 0.333. The Kier molecular flexibility index (Phi) is 4.02. The number of aliphatic hydroxyl groups excluding tert-OH is 1. The number of aliphatic hydroxyl groups is 1. The molecular weight excluding hydrogens is 190 g/mol. The van der Waals surface area contributed by atoms with Gasteiger partial charge in [0.15, 0.2) is 0 Å². The van der Waals surface area contributed by atoms with Gasteiger partial charge in [0, 0.05) is 12.8 Å². The van der Waals surface area contributed by atoms with Gasteiger partial charge in [0.25, 0.3) is 0 Å². The number of carbonyl (C=O) groups excluding carboxylic acids is 1. The zero-order valence-corrected chi connectivity index (χ0v) is 8.60. The van der Waals surface area contributed by atoms with Gasteiger partial charge in [-0.05, 0) is 17.7 Å². The van der Waals surface area contributed by atoms with E-state index in [1.165, 1.54) is 0 Å². The van der Waals surface area contributed by atoms with Crippen LogP contribution >= 0.6 is 0 Å². The molecule has 0 aliphatic rings. The van der Waals surface area contributed by atoms with E-state index in [0.29, 0.717) is 17.5 Å². The van der Waals surface area contributed by atoms with Crippen LogP contribution in [0.4, 0.5) is 0 Å². The van der Waals surface area contributed by atoms with Gasteiger partial charge in [-0.25, -0.2) is 0 Å². The molecule has 3 nitrogen and oxygen atoms in total. The summed E-state index contributed by atoms with van der Waals surface area (Å²) in [5, 5.41) is 18.3. The fourth-order valence-corrected chi connectivity index (χ4v) is 1.26. The second-order valence-corrected chi connectivity index (χ2v) is 3.35. The van der Waals surface area contributed by atoms with Gasteiger partial charge in [0.1, 0.15) is 5.78 Å². The average molecular weight is 203 g/mol. The number of hydrogen-bond acceptors (Lipinski definition) is 3. The minimum absolute atomic E-state index is 0.0341. The van der Waals surface area contributed by atoms with Crippen LogP contribution in [0.15, 0.2) is 24.3 Å². The first-order chi connectivity index (χ1) is 7.17. The summed E-state index contributed by atoms with van der Waals surface area (Å²) in [6.07, 6.45) is -0.180. The highest BCUT2D eigenvalue weighted by molar-refractivity contribution is 5.78. The summed E-state index contributed by atoms with van der Waals surface area (Å²) < 4.78 is 0. The molecule has 1 aromatic rings. The molecule has 0 saturated heterocycles. The predicted octanol–water partition coefficient (Wildman–Crippen LogP) is 1.96. The zero-order chi connectivity index (χ0) is 11.3. The van der Waals surface area contributed by atoms with Crippen molar-refractivity contribution in [1.29, 1.82) is 5.26 Å². The summed E-state index contributed by atoms with van der Waals surface area (Å²) >= 11 is 0. The summed E-state index contributed by atoms with van der Waals surface area (Å²) in [5.41, 5.74) is 1.23. The summed E-state index contributed by atoms with van der Waals surface area (Å²) in [5.74, 6) is 0.0341. The molecule has 1 aromatic carbocycles. The molecule has 0 spiro atoms. The van der Waals surface area contributed by atoms with Crippen LogP contribution in [0.5, 0.6) is 0 Å². The number of nitriles is 1. The maximum atomic E-state index is 11.1. The Bertz CT molecular complexity index is 376. The van der Waals surface area contributed by atoms with Crippen molar-refractivity contribution in [3.05, 3.63) is 35.4 Å². The van der Waals surface area contributed by atoms with Crippen LogP contribution in [0.3, 0.4) is 0 Å². The minimum Gasteiger partial charge on any atom is -0.388 e. The first-order valence-electron chi connectivity index (χ1n) is 4.87. The van der Waals surface area contributed by atoms with E-state index in [1.807, 2.05) is 6.07 Å². The first-order valence-corrected chi connectivity index (χ1v) is 4.87. The fourth-order valence-electron chi connectivity index (χ4n) is 1.26. The molecule has 0 amide bonds. The van der Waals surface area contributed by atoms with Crippen LogP contribution in [0.1, 0.15) is 37.0 Å². The number of rotatable bonds is 4. The molecule has 15 heavy (non-hydrogen) atoms. The third kappa shape index (κ3) is 3.19. The molecule has 0 bridgehead atoms. The first kappa shape index (κ1) is 11.4. The van der Waals surface area contributed by atoms with Crippen LogP contribution in [-0.4, -0.2) is 10.9 Å². The normalized spacial score (nSPS) is 11.8. The van der Waals surface area contributed by atoms with Crippen LogP contribution in [0.25, 0.3) is 0 Å². The number of benzene rings is 1. The topological polar surface area (TPSA) is 61.1 Å². The highest BCUT2D eigenvalue weighted by Gasteiger charge is 2.11. The summed E-state index contributed by atoms with van der Waals surface area (Å²) in [6.45, 7) is 1.77. The zero-order valence-electron chi connectivity index (χ0n) is 8.60. The van der Waals surface area contributed by atoms with E-state index in [2.05, 4.69) is 0 Å². The second kappa shape index (κ2) is 5.28. The monoisotopic (exact) mass is 203 g/mol. The smallest absolute Gasteiger partial charge is 0.135 e. The lowest BCUT2D eigenvalue weighted by molar-refractivity contribution is -0.120. The number of hydrogen-bond donors (Lipinski definition) is 1. The maximum Gasteiger partial charge on any atom is 0.135 e. The van der Waals surface area contributed by atoms with Crippen molar-refractivity contribution >= 4 is 5.78 Å². The van der Waals surface area contributed by atoms with Gasteiger partial charge >= 0.3 is 0 Å². The molecular formula is C12H13NO2. The van der Waals surface area contributed by atoms with E-state index < -0.39 is 6.10 Å². The average Bonchev–Trinajstić information content (AvgIpc) is 2.29. The standard InChI is InChI=1S/C12H13NO2/c1-2-11(14)7-12(15)10-5-3-9(8-13)4-6-10/h3-6,12,15H,2,7H2,1H3/t12-/m1/s1. The molecule has 0 aromatic heterocycles. The number of carbonyl (C=O) groups is 1. The van der Waals surface area contributed by atoms with E-state index in [1.54, 1.807) is 31.2 Å². The van der Waals surface area contributed by atoms with Crippen LogP contribution < -0.4 is 0 Å². The molecule has 3 heteroatoms. The molecule has 0 heterocycles. The largest absolute Gasteiger partial charge is 0.388 e. The van der Waals surface area contributed by atoms with Crippen LogP contribution in [0, 0.1) is 11.3 Å². The Hall–Kier alpha value is -1.66. The van der Waals surface area contributed by atoms with Gasteiger partial charge in [-0.1, -0.05) is 19.1 Å². The van der Waals surface area contributed by atoms with Crippen molar-refractivity contribution < 1.29 is 9.90 Å².